The highest BCUT2D eigenvalue weighted by molar-refractivity contribution is 5.86. The summed E-state index contributed by atoms with van der Waals surface area (Å²) >= 11 is 0. The largest absolute Gasteiger partial charge is 0.354 e. The molecule has 0 aliphatic rings. The SMILES string of the molecule is CC(C)CNC(=O)C(C)NC(=O)NN. The summed E-state index contributed by atoms with van der Waals surface area (Å²) in [6, 6.07) is -1.16. The van der Waals surface area contributed by atoms with E-state index in [2.05, 4.69) is 10.6 Å². The van der Waals surface area contributed by atoms with E-state index >= 15 is 0 Å². The summed E-state index contributed by atoms with van der Waals surface area (Å²) in [4.78, 5) is 22.0. The Balaban J connectivity index is 3.82. The third kappa shape index (κ3) is 5.36. The molecule has 0 aliphatic heterocycles. The summed E-state index contributed by atoms with van der Waals surface area (Å²) in [6.07, 6.45) is 0. The van der Waals surface area contributed by atoms with Gasteiger partial charge in [0.25, 0.3) is 0 Å². The van der Waals surface area contributed by atoms with E-state index < -0.39 is 12.1 Å². The van der Waals surface area contributed by atoms with Crippen molar-refractivity contribution in [2.24, 2.45) is 11.8 Å². The maximum absolute atomic E-state index is 11.3. The van der Waals surface area contributed by atoms with Crippen LogP contribution < -0.4 is 21.9 Å². The molecule has 0 aliphatic carbocycles. The Labute approximate surface area is 83.6 Å². The molecule has 0 fully saturated rings. The molecule has 0 spiro atoms. The second-order valence-corrected chi connectivity index (χ2v) is 3.48. The number of rotatable bonds is 4. The molecular weight excluding hydrogens is 184 g/mol. The van der Waals surface area contributed by atoms with E-state index in [-0.39, 0.29) is 5.91 Å². The topological polar surface area (TPSA) is 96.2 Å². The zero-order valence-electron chi connectivity index (χ0n) is 8.76. The summed E-state index contributed by atoms with van der Waals surface area (Å²) in [5.74, 6) is 5.01. The molecule has 0 rings (SSSR count). The molecule has 0 aromatic heterocycles. The van der Waals surface area contributed by atoms with Crippen LogP contribution in [-0.4, -0.2) is 24.5 Å². The quantitative estimate of drug-likeness (QED) is 0.276. The summed E-state index contributed by atoms with van der Waals surface area (Å²) in [7, 11) is 0. The van der Waals surface area contributed by atoms with Crippen LogP contribution >= 0.6 is 0 Å². The smallest absolute Gasteiger partial charge is 0.329 e. The lowest BCUT2D eigenvalue weighted by Crippen LogP contribution is -2.50. The number of hydrazine groups is 1. The summed E-state index contributed by atoms with van der Waals surface area (Å²) in [6.45, 7) is 6.16. The number of urea groups is 1. The van der Waals surface area contributed by atoms with Crippen LogP contribution in [-0.2, 0) is 4.79 Å². The van der Waals surface area contributed by atoms with Crippen molar-refractivity contribution < 1.29 is 9.59 Å². The Hall–Kier alpha value is -1.30. The van der Waals surface area contributed by atoms with Crippen LogP contribution in [0.1, 0.15) is 20.8 Å². The lowest BCUT2D eigenvalue weighted by Gasteiger charge is -2.14. The monoisotopic (exact) mass is 202 g/mol. The van der Waals surface area contributed by atoms with E-state index in [1.807, 2.05) is 19.3 Å². The second-order valence-electron chi connectivity index (χ2n) is 3.48. The first-order valence-corrected chi connectivity index (χ1v) is 4.52. The third-order valence-electron chi connectivity index (χ3n) is 1.56. The lowest BCUT2D eigenvalue weighted by molar-refractivity contribution is -0.122. The van der Waals surface area contributed by atoms with Crippen molar-refractivity contribution in [2.75, 3.05) is 6.54 Å². The maximum atomic E-state index is 11.3. The van der Waals surface area contributed by atoms with Gasteiger partial charge in [-0.3, -0.25) is 10.2 Å². The Morgan fingerprint density at radius 1 is 1.29 bits per heavy atom. The van der Waals surface area contributed by atoms with E-state index in [0.29, 0.717) is 12.5 Å². The molecule has 1 unspecified atom stereocenters. The van der Waals surface area contributed by atoms with Crippen LogP contribution in [0.5, 0.6) is 0 Å². The summed E-state index contributed by atoms with van der Waals surface area (Å²) < 4.78 is 0. The van der Waals surface area contributed by atoms with Crippen molar-refractivity contribution in [3.63, 3.8) is 0 Å². The van der Waals surface area contributed by atoms with Crippen molar-refractivity contribution in [1.29, 1.82) is 0 Å². The molecule has 0 saturated heterocycles. The van der Waals surface area contributed by atoms with Gasteiger partial charge in [-0.05, 0) is 12.8 Å². The fraction of sp³-hybridized carbons (Fsp3) is 0.750. The summed E-state index contributed by atoms with van der Waals surface area (Å²) in [5, 5.41) is 5.06. The summed E-state index contributed by atoms with van der Waals surface area (Å²) in [5.41, 5.74) is 1.89. The standard InChI is InChI=1S/C8H18N4O2/c1-5(2)4-10-7(13)6(3)11-8(14)12-9/h5-6H,4,9H2,1-3H3,(H,10,13)(H2,11,12,14). The Morgan fingerprint density at radius 2 is 1.86 bits per heavy atom. The number of nitrogens with one attached hydrogen (secondary N) is 3. The highest BCUT2D eigenvalue weighted by atomic mass is 16.2. The minimum absolute atomic E-state index is 0.220. The molecule has 5 N–H and O–H groups in total. The van der Waals surface area contributed by atoms with Crippen LogP contribution in [0, 0.1) is 5.92 Å². The van der Waals surface area contributed by atoms with E-state index in [4.69, 9.17) is 5.84 Å². The van der Waals surface area contributed by atoms with Gasteiger partial charge in [0.05, 0.1) is 0 Å². The van der Waals surface area contributed by atoms with E-state index in [0.717, 1.165) is 0 Å². The Bertz CT molecular complexity index is 206. The normalized spacial score (nSPS) is 12.1. The van der Waals surface area contributed by atoms with Gasteiger partial charge in [-0.2, -0.15) is 0 Å². The van der Waals surface area contributed by atoms with Crippen molar-refractivity contribution in [3.05, 3.63) is 0 Å². The zero-order valence-corrected chi connectivity index (χ0v) is 8.76. The van der Waals surface area contributed by atoms with Crippen LogP contribution in [0.15, 0.2) is 0 Å². The van der Waals surface area contributed by atoms with Crippen molar-refractivity contribution in [3.8, 4) is 0 Å². The molecule has 14 heavy (non-hydrogen) atoms. The number of nitrogens with two attached hydrogens (primary N) is 1. The minimum atomic E-state index is -0.586. The molecule has 6 heteroatoms. The van der Waals surface area contributed by atoms with Gasteiger partial charge in [0.15, 0.2) is 0 Å². The highest BCUT2D eigenvalue weighted by Gasteiger charge is 2.14. The van der Waals surface area contributed by atoms with Gasteiger partial charge in [-0.1, -0.05) is 13.8 Å². The van der Waals surface area contributed by atoms with Crippen molar-refractivity contribution >= 4 is 11.9 Å². The van der Waals surface area contributed by atoms with Gasteiger partial charge in [0.2, 0.25) is 5.91 Å². The van der Waals surface area contributed by atoms with Gasteiger partial charge >= 0.3 is 6.03 Å². The molecule has 0 heterocycles. The number of carbonyl (C=O) groups excluding carboxylic acids is 2. The van der Waals surface area contributed by atoms with E-state index in [9.17, 15) is 9.59 Å². The molecule has 0 saturated carbocycles. The molecule has 0 radical (unpaired) electrons. The Morgan fingerprint density at radius 3 is 2.29 bits per heavy atom. The van der Waals surface area contributed by atoms with Gasteiger partial charge in [0, 0.05) is 6.54 Å². The molecule has 0 aromatic carbocycles. The van der Waals surface area contributed by atoms with Crippen LogP contribution in [0.4, 0.5) is 4.79 Å². The third-order valence-corrected chi connectivity index (χ3v) is 1.56. The molecule has 3 amide bonds. The van der Waals surface area contributed by atoms with Gasteiger partial charge < -0.3 is 10.6 Å². The number of hydrogen-bond acceptors (Lipinski definition) is 3. The van der Waals surface area contributed by atoms with E-state index in [1.165, 1.54) is 0 Å². The number of hydrogen-bond donors (Lipinski definition) is 4. The van der Waals surface area contributed by atoms with Crippen LogP contribution in [0.2, 0.25) is 0 Å². The fourth-order valence-electron chi connectivity index (χ4n) is 0.762. The minimum Gasteiger partial charge on any atom is -0.354 e. The first-order valence-electron chi connectivity index (χ1n) is 4.52. The lowest BCUT2D eigenvalue weighted by atomic mass is 10.2. The van der Waals surface area contributed by atoms with Gasteiger partial charge in [-0.25, -0.2) is 10.6 Å². The molecule has 0 bridgehead atoms. The first-order chi connectivity index (χ1) is 6.47. The van der Waals surface area contributed by atoms with Crippen LogP contribution in [0.3, 0.4) is 0 Å². The number of carbonyl (C=O) groups is 2. The average molecular weight is 202 g/mol. The van der Waals surface area contributed by atoms with Crippen molar-refractivity contribution in [1.82, 2.24) is 16.1 Å². The molecule has 1 atom stereocenters. The fourth-order valence-corrected chi connectivity index (χ4v) is 0.762. The number of amides is 3. The first kappa shape index (κ1) is 12.7. The van der Waals surface area contributed by atoms with Crippen molar-refractivity contribution in [2.45, 2.75) is 26.8 Å². The van der Waals surface area contributed by atoms with Gasteiger partial charge in [0.1, 0.15) is 6.04 Å². The molecule has 82 valence electrons. The predicted molar refractivity (Wildman–Crippen MR) is 53.2 cm³/mol. The molecule has 0 aromatic rings. The Kier molecular flexibility index (Phi) is 5.62. The highest BCUT2D eigenvalue weighted by Crippen LogP contribution is 1.88. The zero-order chi connectivity index (χ0) is 11.1. The van der Waals surface area contributed by atoms with Crippen LogP contribution in [0.25, 0.3) is 0 Å². The van der Waals surface area contributed by atoms with E-state index in [1.54, 1.807) is 6.92 Å². The second kappa shape index (κ2) is 6.20. The predicted octanol–water partition coefficient (Wildman–Crippen LogP) is -0.680. The van der Waals surface area contributed by atoms with Gasteiger partial charge in [-0.15, -0.1) is 0 Å². The molecule has 6 nitrogen and oxygen atoms in total. The molecular formula is C8H18N4O2. The maximum Gasteiger partial charge on any atom is 0.329 e. The average Bonchev–Trinajstić information content (AvgIpc) is 2.13.